The minimum absolute atomic E-state index is 0.127. The van der Waals surface area contributed by atoms with Crippen molar-refractivity contribution in [2.75, 3.05) is 5.32 Å². The zero-order chi connectivity index (χ0) is 21.6. The van der Waals surface area contributed by atoms with E-state index < -0.39 is 0 Å². The number of aromatic nitrogens is 3. The van der Waals surface area contributed by atoms with E-state index >= 15 is 0 Å². The Balaban J connectivity index is 1.35. The molecule has 0 saturated heterocycles. The number of aryl methyl sites for hydroxylation is 3. The first-order valence-corrected chi connectivity index (χ1v) is 11.2. The van der Waals surface area contributed by atoms with Crippen LogP contribution in [0.5, 0.6) is 0 Å². The van der Waals surface area contributed by atoms with Crippen molar-refractivity contribution >= 4 is 22.4 Å². The smallest absolute Gasteiger partial charge is 0.247 e. The lowest BCUT2D eigenvalue weighted by molar-refractivity contribution is -0.116. The van der Waals surface area contributed by atoms with Crippen LogP contribution in [0.2, 0.25) is 0 Å². The number of carbonyl (C=O) groups excluding carboxylic acids is 1. The molecule has 0 bridgehead atoms. The molecule has 0 aliphatic heterocycles. The lowest BCUT2D eigenvalue weighted by Crippen LogP contribution is -2.12. The predicted octanol–water partition coefficient (Wildman–Crippen LogP) is 5.69. The van der Waals surface area contributed by atoms with Gasteiger partial charge in [-0.2, -0.15) is 0 Å². The van der Waals surface area contributed by atoms with Crippen molar-refractivity contribution in [3.63, 3.8) is 0 Å². The van der Waals surface area contributed by atoms with Crippen LogP contribution in [0.4, 0.5) is 5.13 Å². The van der Waals surface area contributed by atoms with Crippen molar-refractivity contribution in [3.8, 4) is 22.7 Å². The molecule has 7 heteroatoms. The molecule has 6 nitrogen and oxygen atoms in total. The van der Waals surface area contributed by atoms with Crippen LogP contribution >= 0.6 is 11.3 Å². The van der Waals surface area contributed by atoms with Gasteiger partial charge in [-0.05, 0) is 31.0 Å². The number of benzene rings is 2. The molecule has 4 aromatic rings. The minimum Gasteiger partial charge on any atom is -0.421 e. The predicted molar refractivity (Wildman–Crippen MR) is 123 cm³/mol. The van der Waals surface area contributed by atoms with E-state index in [0.717, 1.165) is 34.5 Å². The second-order valence-electron chi connectivity index (χ2n) is 7.29. The molecule has 0 fully saturated rings. The average molecular weight is 433 g/mol. The summed E-state index contributed by atoms with van der Waals surface area (Å²) in [5, 5.41) is 11.6. The Morgan fingerprint density at radius 1 is 1.00 bits per heavy atom. The molecule has 0 aliphatic rings. The van der Waals surface area contributed by atoms with E-state index in [4.69, 9.17) is 4.42 Å². The molecular weight excluding hydrogens is 408 g/mol. The van der Waals surface area contributed by atoms with Gasteiger partial charge in [0.1, 0.15) is 0 Å². The number of hydrogen-bond acceptors (Lipinski definition) is 6. The van der Waals surface area contributed by atoms with Crippen LogP contribution in [-0.2, 0) is 17.6 Å². The highest BCUT2D eigenvalue weighted by atomic mass is 32.1. The maximum absolute atomic E-state index is 12.4. The normalized spacial score (nSPS) is 10.9. The van der Waals surface area contributed by atoms with Gasteiger partial charge >= 0.3 is 0 Å². The second kappa shape index (κ2) is 9.66. The molecule has 1 amide bonds. The maximum Gasteiger partial charge on any atom is 0.247 e. The van der Waals surface area contributed by atoms with Gasteiger partial charge in [0.15, 0.2) is 5.13 Å². The summed E-state index contributed by atoms with van der Waals surface area (Å²) in [6.45, 7) is 4.19. The number of nitrogens with zero attached hydrogens (tertiary/aromatic N) is 3. The quantitative estimate of drug-likeness (QED) is 0.387. The molecule has 1 N–H and O–H groups in total. The number of carbonyl (C=O) groups is 1. The van der Waals surface area contributed by atoms with Crippen LogP contribution in [0.25, 0.3) is 22.7 Å². The van der Waals surface area contributed by atoms with Crippen LogP contribution in [-0.4, -0.2) is 21.1 Å². The molecule has 2 aromatic heterocycles. The van der Waals surface area contributed by atoms with Gasteiger partial charge in [-0.15, -0.1) is 21.5 Å². The SMILES string of the molecule is CCCc1ccc(-c2nc(NC(=O)CCc3nnc(-c4ccccc4)o3)sc2C)cc1. The molecule has 0 spiro atoms. The first-order valence-electron chi connectivity index (χ1n) is 10.4. The number of anilines is 1. The Bertz CT molecular complexity index is 1150. The van der Waals surface area contributed by atoms with Gasteiger partial charge in [-0.1, -0.05) is 55.8 Å². The summed E-state index contributed by atoms with van der Waals surface area (Å²) in [5.74, 6) is 0.774. The second-order valence-corrected chi connectivity index (χ2v) is 8.49. The number of rotatable bonds is 8. The Hall–Kier alpha value is -3.32. The highest BCUT2D eigenvalue weighted by Crippen LogP contribution is 2.30. The minimum atomic E-state index is -0.127. The molecule has 4 rings (SSSR count). The van der Waals surface area contributed by atoms with E-state index in [2.05, 4.69) is 51.7 Å². The van der Waals surface area contributed by atoms with E-state index in [1.165, 1.54) is 16.9 Å². The monoisotopic (exact) mass is 432 g/mol. The Morgan fingerprint density at radius 3 is 2.52 bits per heavy atom. The van der Waals surface area contributed by atoms with Gasteiger partial charge in [-0.25, -0.2) is 4.98 Å². The molecule has 0 atom stereocenters. The fraction of sp³-hybridized carbons (Fsp3) is 0.250. The Labute approximate surface area is 185 Å². The van der Waals surface area contributed by atoms with Crippen molar-refractivity contribution in [1.82, 2.24) is 15.2 Å². The van der Waals surface area contributed by atoms with E-state index in [0.29, 0.717) is 23.3 Å². The number of hydrogen-bond donors (Lipinski definition) is 1. The molecule has 0 aliphatic carbocycles. The first kappa shape index (κ1) is 20.9. The van der Waals surface area contributed by atoms with Crippen molar-refractivity contribution < 1.29 is 9.21 Å². The van der Waals surface area contributed by atoms with Gasteiger partial charge in [-0.3, -0.25) is 4.79 Å². The summed E-state index contributed by atoms with van der Waals surface area (Å²) in [6.07, 6.45) is 2.82. The van der Waals surface area contributed by atoms with Crippen LogP contribution in [0.15, 0.2) is 59.0 Å². The summed E-state index contributed by atoms with van der Waals surface area (Å²) in [6, 6.07) is 18.0. The van der Waals surface area contributed by atoms with Crippen LogP contribution < -0.4 is 5.32 Å². The van der Waals surface area contributed by atoms with E-state index in [9.17, 15) is 4.79 Å². The van der Waals surface area contributed by atoms with Crippen LogP contribution in [0.3, 0.4) is 0 Å². The molecule has 0 saturated carbocycles. The number of nitrogens with one attached hydrogen (secondary N) is 1. The average Bonchev–Trinajstić information content (AvgIpc) is 3.40. The van der Waals surface area contributed by atoms with Gasteiger partial charge in [0.25, 0.3) is 0 Å². The third-order valence-corrected chi connectivity index (χ3v) is 5.75. The van der Waals surface area contributed by atoms with E-state index in [-0.39, 0.29) is 12.3 Å². The summed E-state index contributed by atoms with van der Waals surface area (Å²) in [5.41, 5.74) is 4.16. The zero-order valence-electron chi connectivity index (χ0n) is 17.6. The van der Waals surface area contributed by atoms with Crippen LogP contribution in [0.1, 0.15) is 36.1 Å². The lowest BCUT2D eigenvalue weighted by atomic mass is 10.1. The summed E-state index contributed by atoms with van der Waals surface area (Å²) < 4.78 is 5.66. The first-order chi connectivity index (χ1) is 15.1. The standard InChI is InChI=1S/C24H24N4O2S/c1-3-7-17-10-12-18(13-11-17)22-16(2)31-24(26-22)25-20(29)14-15-21-27-28-23(30-21)19-8-5-4-6-9-19/h4-6,8-13H,3,7,14-15H2,1-2H3,(H,25,26,29). The molecular formula is C24H24N4O2S. The van der Waals surface area contributed by atoms with Gasteiger partial charge in [0, 0.05) is 28.8 Å². The molecule has 2 aromatic carbocycles. The van der Waals surface area contributed by atoms with Crippen molar-refractivity contribution in [2.24, 2.45) is 0 Å². The summed E-state index contributed by atoms with van der Waals surface area (Å²) in [7, 11) is 0. The summed E-state index contributed by atoms with van der Waals surface area (Å²) >= 11 is 1.48. The van der Waals surface area contributed by atoms with E-state index in [1.807, 2.05) is 37.3 Å². The van der Waals surface area contributed by atoms with Crippen LogP contribution in [0, 0.1) is 6.92 Å². The topological polar surface area (TPSA) is 80.9 Å². The molecule has 2 heterocycles. The van der Waals surface area contributed by atoms with Gasteiger partial charge in [0.2, 0.25) is 17.7 Å². The molecule has 0 radical (unpaired) electrons. The molecule has 0 unspecified atom stereocenters. The number of amides is 1. The lowest BCUT2D eigenvalue weighted by Gasteiger charge is -2.02. The third-order valence-electron chi connectivity index (χ3n) is 4.86. The van der Waals surface area contributed by atoms with Crippen molar-refractivity contribution in [3.05, 3.63) is 70.9 Å². The Kier molecular flexibility index (Phi) is 6.52. The molecule has 31 heavy (non-hydrogen) atoms. The summed E-state index contributed by atoms with van der Waals surface area (Å²) in [4.78, 5) is 18.1. The maximum atomic E-state index is 12.4. The molecule has 158 valence electrons. The van der Waals surface area contributed by atoms with E-state index in [1.54, 1.807) is 0 Å². The third kappa shape index (κ3) is 5.24. The highest BCUT2D eigenvalue weighted by Gasteiger charge is 2.14. The zero-order valence-corrected chi connectivity index (χ0v) is 18.4. The van der Waals surface area contributed by atoms with Gasteiger partial charge < -0.3 is 9.73 Å². The number of thiazole rings is 1. The van der Waals surface area contributed by atoms with Gasteiger partial charge in [0.05, 0.1) is 5.69 Å². The fourth-order valence-electron chi connectivity index (χ4n) is 3.29. The van der Waals surface area contributed by atoms with Crippen molar-refractivity contribution in [2.45, 2.75) is 39.5 Å². The largest absolute Gasteiger partial charge is 0.421 e. The van der Waals surface area contributed by atoms with Crippen molar-refractivity contribution in [1.29, 1.82) is 0 Å². The highest BCUT2D eigenvalue weighted by molar-refractivity contribution is 7.16. The Morgan fingerprint density at radius 2 is 1.77 bits per heavy atom. The fourth-order valence-corrected chi connectivity index (χ4v) is 4.14.